The van der Waals surface area contributed by atoms with Crippen LogP contribution in [-0.4, -0.2) is 0 Å². The Morgan fingerprint density at radius 2 is 1.60 bits per heavy atom. The van der Waals surface area contributed by atoms with Crippen molar-refractivity contribution in [2.45, 2.75) is 5.66 Å². The number of hydrogen-bond donors (Lipinski definition) is 0. The first-order valence-corrected chi connectivity index (χ1v) is 6.26. The summed E-state index contributed by atoms with van der Waals surface area (Å²) in [5, 5.41) is 1.25. The maximum Gasteiger partial charge on any atom is 0.0246 e. The first-order valence-electron chi connectivity index (χ1n) is 5.01. The summed E-state index contributed by atoms with van der Waals surface area (Å²) in [6, 6.07) is 15.3. The molecule has 15 heavy (non-hydrogen) atoms. The van der Waals surface area contributed by atoms with Crippen molar-refractivity contribution >= 4 is 23.8 Å². The molecule has 1 aliphatic carbocycles. The molecule has 0 aromatic heterocycles. The van der Waals surface area contributed by atoms with Gasteiger partial charge in [-0.15, -0.1) is 18.5 Å². The molecule has 2 heteroatoms. The van der Waals surface area contributed by atoms with Crippen LogP contribution in [0.15, 0.2) is 42.5 Å². The van der Waals surface area contributed by atoms with Gasteiger partial charge < -0.3 is 0 Å². The lowest BCUT2D eigenvalue weighted by Crippen LogP contribution is -1.92. The molecule has 3 atom stereocenters. The van der Waals surface area contributed by atoms with Gasteiger partial charge in [0, 0.05) is 5.66 Å². The van der Waals surface area contributed by atoms with E-state index in [1.807, 2.05) is 0 Å². The van der Waals surface area contributed by atoms with Crippen LogP contribution in [0.2, 0.25) is 0 Å². The van der Waals surface area contributed by atoms with Crippen LogP contribution in [-0.2, 0) is 0 Å². The molecule has 0 saturated heterocycles. The van der Waals surface area contributed by atoms with Gasteiger partial charge in [-0.3, -0.25) is 0 Å². The lowest BCUT2D eigenvalue weighted by Gasteiger charge is -2.05. The van der Waals surface area contributed by atoms with E-state index in [0.717, 1.165) is 0 Å². The van der Waals surface area contributed by atoms with E-state index in [1.54, 1.807) is 0 Å². The molecule has 0 spiro atoms. The zero-order chi connectivity index (χ0) is 10.4. The van der Waals surface area contributed by atoms with Gasteiger partial charge in [-0.1, -0.05) is 36.4 Å². The minimum atomic E-state index is 0.460. The topological polar surface area (TPSA) is 0 Å². The summed E-state index contributed by atoms with van der Waals surface area (Å²) in [4.78, 5) is 0. The van der Waals surface area contributed by atoms with E-state index < -0.39 is 0 Å². The van der Waals surface area contributed by atoms with Crippen LogP contribution in [0.25, 0.3) is 11.1 Å². The van der Waals surface area contributed by atoms with Crippen molar-refractivity contribution < 1.29 is 0 Å². The molecule has 0 radical (unpaired) electrons. The highest BCUT2D eigenvalue weighted by molar-refractivity contribution is 7.27. The molecule has 2 aromatic carbocycles. The Balaban J connectivity index is 2.34. The zero-order valence-electron chi connectivity index (χ0n) is 8.27. The second-order valence-electron chi connectivity index (χ2n) is 3.91. The van der Waals surface area contributed by atoms with Crippen molar-refractivity contribution in [2.24, 2.45) is 0 Å². The van der Waals surface area contributed by atoms with Gasteiger partial charge >= 0.3 is 0 Å². The molecule has 2 aromatic rings. The van der Waals surface area contributed by atoms with Gasteiger partial charge in [0.2, 0.25) is 0 Å². The van der Waals surface area contributed by atoms with Crippen LogP contribution in [0.3, 0.4) is 0 Å². The normalized spacial score (nSPS) is 17.3. The maximum atomic E-state index is 2.94. The minimum absolute atomic E-state index is 0.460. The second-order valence-corrected chi connectivity index (χ2v) is 5.24. The Bertz CT molecular complexity index is 532. The average molecular weight is 230 g/mol. The van der Waals surface area contributed by atoms with Crippen LogP contribution in [0.1, 0.15) is 16.8 Å². The predicted molar refractivity (Wildman–Crippen MR) is 72.8 cm³/mol. The Kier molecular flexibility index (Phi) is 2.16. The Labute approximate surface area is 94.5 Å². The Morgan fingerprint density at radius 1 is 0.867 bits per heavy atom. The van der Waals surface area contributed by atoms with E-state index in [9.17, 15) is 0 Å². The monoisotopic (exact) mass is 230 g/mol. The van der Waals surface area contributed by atoms with Gasteiger partial charge in [0.1, 0.15) is 0 Å². The summed E-state index contributed by atoms with van der Waals surface area (Å²) in [6.45, 7) is 0. The summed E-state index contributed by atoms with van der Waals surface area (Å²) in [7, 11) is 5.70. The van der Waals surface area contributed by atoms with Crippen molar-refractivity contribution in [2.75, 3.05) is 0 Å². The van der Waals surface area contributed by atoms with Gasteiger partial charge in [0.25, 0.3) is 0 Å². The summed E-state index contributed by atoms with van der Waals surface area (Å²) in [5.74, 6) is 0. The molecule has 0 saturated carbocycles. The average Bonchev–Trinajstić information content (AvgIpc) is 2.54. The molecule has 3 unspecified atom stereocenters. The largest absolute Gasteiger partial charge is 0.125 e. The van der Waals surface area contributed by atoms with E-state index in [-0.39, 0.29) is 0 Å². The molecule has 0 bridgehead atoms. The Morgan fingerprint density at radius 3 is 2.47 bits per heavy atom. The van der Waals surface area contributed by atoms with Crippen LogP contribution < -0.4 is 5.30 Å². The highest BCUT2D eigenvalue weighted by Crippen LogP contribution is 2.47. The van der Waals surface area contributed by atoms with Gasteiger partial charge in [-0.2, -0.15) is 0 Å². The predicted octanol–water partition coefficient (Wildman–Crippen LogP) is 3.13. The molecular weight excluding hydrogens is 218 g/mol. The third kappa shape index (κ3) is 1.36. The van der Waals surface area contributed by atoms with E-state index in [4.69, 9.17) is 0 Å². The van der Waals surface area contributed by atoms with Crippen LogP contribution in [0.4, 0.5) is 0 Å². The number of hydrogen-bond acceptors (Lipinski definition) is 0. The molecule has 0 nitrogen and oxygen atoms in total. The molecule has 0 heterocycles. The van der Waals surface area contributed by atoms with E-state index >= 15 is 0 Å². The molecule has 1 aliphatic rings. The first-order chi connectivity index (χ1) is 7.27. The molecule has 3 rings (SSSR count). The molecular formula is C13H12P2. The van der Waals surface area contributed by atoms with Gasteiger partial charge in [0.05, 0.1) is 0 Å². The summed E-state index contributed by atoms with van der Waals surface area (Å²) < 4.78 is 0. The lowest BCUT2D eigenvalue weighted by molar-refractivity contribution is 1.22. The van der Waals surface area contributed by atoms with E-state index in [1.165, 1.54) is 27.6 Å². The van der Waals surface area contributed by atoms with Crippen LogP contribution >= 0.6 is 18.5 Å². The highest BCUT2D eigenvalue weighted by atomic mass is 31.0. The van der Waals surface area contributed by atoms with Crippen molar-refractivity contribution in [3.05, 3.63) is 53.6 Å². The smallest absolute Gasteiger partial charge is 0.0246 e. The third-order valence-electron chi connectivity index (χ3n) is 3.00. The number of benzene rings is 2. The standard InChI is InChI=1S/C13H12P2/c14-8-5-6-11-12(7-8)9-3-1-2-4-10(9)13(11)15/h1-7,13H,14-15H2. The fourth-order valence-electron chi connectivity index (χ4n) is 2.26. The molecule has 0 aliphatic heterocycles. The van der Waals surface area contributed by atoms with Gasteiger partial charge in [0.15, 0.2) is 0 Å². The number of fused-ring (bicyclic) bond motifs is 3. The number of rotatable bonds is 0. The van der Waals surface area contributed by atoms with E-state index in [2.05, 4.69) is 60.9 Å². The van der Waals surface area contributed by atoms with E-state index in [0.29, 0.717) is 5.66 Å². The van der Waals surface area contributed by atoms with Gasteiger partial charge in [-0.05, 0) is 33.6 Å². The second kappa shape index (κ2) is 3.41. The van der Waals surface area contributed by atoms with Crippen LogP contribution in [0.5, 0.6) is 0 Å². The fourth-order valence-corrected chi connectivity index (χ4v) is 3.10. The molecule has 74 valence electrons. The molecule has 0 amide bonds. The van der Waals surface area contributed by atoms with Crippen LogP contribution in [0, 0.1) is 0 Å². The minimum Gasteiger partial charge on any atom is -0.125 e. The SMILES string of the molecule is Pc1ccc2c(c1)-c1ccccc1C2P. The first kappa shape index (κ1) is 9.52. The fraction of sp³-hybridized carbons (Fsp3) is 0.0769. The summed E-state index contributed by atoms with van der Waals surface area (Å²) in [6.07, 6.45) is 0. The quantitative estimate of drug-likeness (QED) is 0.610. The maximum absolute atomic E-state index is 2.94. The highest BCUT2D eigenvalue weighted by Gasteiger charge is 2.24. The molecule has 0 fully saturated rings. The third-order valence-corrected chi connectivity index (χ3v) is 4.08. The Hall–Kier alpha value is -0.700. The zero-order valence-corrected chi connectivity index (χ0v) is 10.6. The summed E-state index contributed by atoms with van der Waals surface area (Å²) >= 11 is 0. The van der Waals surface area contributed by atoms with Gasteiger partial charge in [-0.25, -0.2) is 0 Å². The molecule has 0 N–H and O–H groups in total. The lowest BCUT2D eigenvalue weighted by atomic mass is 10.1. The van der Waals surface area contributed by atoms with Crippen molar-refractivity contribution in [3.8, 4) is 11.1 Å². The summed E-state index contributed by atoms with van der Waals surface area (Å²) in [5.41, 5.74) is 6.08. The van der Waals surface area contributed by atoms with Crippen molar-refractivity contribution in [3.63, 3.8) is 0 Å². The van der Waals surface area contributed by atoms with Crippen molar-refractivity contribution in [1.29, 1.82) is 0 Å². The van der Waals surface area contributed by atoms with Crippen molar-refractivity contribution in [1.82, 2.24) is 0 Å².